The van der Waals surface area contributed by atoms with E-state index in [1.165, 1.54) is 11.3 Å². The van der Waals surface area contributed by atoms with Gasteiger partial charge >= 0.3 is 0 Å². The maximum atomic E-state index is 12.7. The number of thiophene rings is 1. The summed E-state index contributed by atoms with van der Waals surface area (Å²) in [4.78, 5) is 30.2. The molecule has 0 aliphatic carbocycles. The van der Waals surface area contributed by atoms with Crippen LogP contribution in [0.25, 0.3) is 0 Å². The molecular weight excluding hydrogens is 350 g/mol. The Bertz CT molecular complexity index is 612. The molecule has 2 fully saturated rings. The van der Waals surface area contributed by atoms with Crippen LogP contribution in [0, 0.1) is 5.92 Å². The number of hydrogen-bond acceptors (Lipinski definition) is 5. The molecule has 1 N–H and O–H groups in total. The highest BCUT2D eigenvalue weighted by Crippen LogP contribution is 2.21. The minimum Gasteiger partial charge on any atom is -0.379 e. The number of hydrogen-bond donors (Lipinski definition) is 1. The van der Waals surface area contributed by atoms with E-state index in [0.717, 1.165) is 50.6 Å². The summed E-state index contributed by atoms with van der Waals surface area (Å²) in [5, 5.41) is 5.04. The predicted molar refractivity (Wildman–Crippen MR) is 102 cm³/mol. The molecule has 7 heteroatoms. The minimum absolute atomic E-state index is 0.0474. The Morgan fingerprint density at radius 1 is 1.31 bits per heavy atom. The summed E-state index contributed by atoms with van der Waals surface area (Å²) in [6.45, 7) is 9.48. The lowest BCUT2D eigenvalue weighted by Gasteiger charge is -2.41. The molecule has 0 spiro atoms. The molecule has 3 rings (SSSR count). The Balaban J connectivity index is 1.51. The Morgan fingerprint density at radius 2 is 2.08 bits per heavy atom. The van der Waals surface area contributed by atoms with E-state index in [1.807, 2.05) is 22.4 Å². The van der Waals surface area contributed by atoms with E-state index in [1.54, 1.807) is 0 Å². The van der Waals surface area contributed by atoms with Crippen molar-refractivity contribution < 1.29 is 14.3 Å². The van der Waals surface area contributed by atoms with Gasteiger partial charge < -0.3 is 15.0 Å². The second-order valence-electron chi connectivity index (χ2n) is 7.70. The summed E-state index contributed by atoms with van der Waals surface area (Å²) in [5.74, 6) is -0.00527. The molecule has 0 bridgehead atoms. The average molecular weight is 380 g/mol. The van der Waals surface area contributed by atoms with Gasteiger partial charge in [-0.15, -0.1) is 11.3 Å². The smallest absolute Gasteiger partial charge is 0.263 e. The van der Waals surface area contributed by atoms with Gasteiger partial charge in [0.15, 0.2) is 0 Å². The third-order valence-corrected chi connectivity index (χ3v) is 6.23. The van der Waals surface area contributed by atoms with Gasteiger partial charge in [0.1, 0.15) is 0 Å². The first kappa shape index (κ1) is 19.3. The number of piperidine rings is 1. The molecule has 2 amide bonds. The molecule has 0 radical (unpaired) electrons. The fourth-order valence-electron chi connectivity index (χ4n) is 3.66. The minimum atomic E-state index is -0.117. The van der Waals surface area contributed by atoms with Crippen molar-refractivity contribution in [1.29, 1.82) is 0 Å². The third-order valence-electron chi connectivity index (χ3n) is 5.37. The lowest BCUT2D eigenvalue weighted by atomic mass is 9.96. The molecule has 3 heterocycles. The third kappa shape index (κ3) is 4.64. The van der Waals surface area contributed by atoms with Gasteiger partial charge in [-0.1, -0.05) is 6.07 Å². The molecule has 2 aliphatic rings. The first-order chi connectivity index (χ1) is 12.5. The molecule has 0 aromatic carbocycles. The number of carbonyl (C=O) groups excluding carboxylic acids is 2. The molecule has 2 aliphatic heterocycles. The number of nitrogens with zero attached hydrogens (tertiary/aromatic N) is 2. The SMILES string of the molecule is CC(C)(CNC(=O)[C@H]1CCCN(C(=O)c2cccs2)C1)N1CCOCC1. The van der Waals surface area contributed by atoms with Crippen LogP contribution in [-0.4, -0.2) is 73.1 Å². The van der Waals surface area contributed by atoms with Crippen molar-refractivity contribution in [3.05, 3.63) is 22.4 Å². The van der Waals surface area contributed by atoms with Crippen molar-refractivity contribution in [2.75, 3.05) is 45.9 Å². The van der Waals surface area contributed by atoms with Crippen LogP contribution < -0.4 is 5.32 Å². The Labute approximate surface area is 159 Å². The fourth-order valence-corrected chi connectivity index (χ4v) is 4.35. The lowest BCUT2D eigenvalue weighted by Crippen LogP contribution is -2.56. The number of ether oxygens (including phenoxy) is 1. The normalized spacial score (nSPS) is 22.2. The molecular formula is C19H29N3O3S. The van der Waals surface area contributed by atoms with Crippen LogP contribution in [0.4, 0.5) is 0 Å². The highest BCUT2D eigenvalue weighted by Gasteiger charge is 2.32. The summed E-state index contributed by atoms with van der Waals surface area (Å²) in [7, 11) is 0. The second kappa shape index (κ2) is 8.50. The molecule has 1 aromatic rings. The van der Waals surface area contributed by atoms with Crippen molar-refractivity contribution in [3.63, 3.8) is 0 Å². The average Bonchev–Trinajstić information content (AvgIpc) is 3.21. The van der Waals surface area contributed by atoms with Crippen molar-refractivity contribution >= 4 is 23.2 Å². The zero-order valence-electron chi connectivity index (χ0n) is 15.7. The standard InChI is InChI=1S/C19H29N3O3S/c1-19(2,22-8-10-25-11-9-22)14-20-17(23)15-5-3-7-21(13-15)18(24)16-6-4-12-26-16/h4,6,12,15H,3,5,7-11,13-14H2,1-2H3,(H,20,23)/t15-/m0/s1. The second-order valence-corrected chi connectivity index (χ2v) is 8.64. The maximum Gasteiger partial charge on any atom is 0.263 e. The molecule has 0 saturated carbocycles. The van der Waals surface area contributed by atoms with Crippen molar-refractivity contribution in [2.45, 2.75) is 32.2 Å². The highest BCUT2D eigenvalue weighted by molar-refractivity contribution is 7.12. The van der Waals surface area contributed by atoms with Gasteiger partial charge in [0.25, 0.3) is 5.91 Å². The quantitative estimate of drug-likeness (QED) is 0.848. The number of amides is 2. The van der Waals surface area contributed by atoms with Gasteiger partial charge in [-0.2, -0.15) is 0 Å². The molecule has 2 saturated heterocycles. The van der Waals surface area contributed by atoms with E-state index in [4.69, 9.17) is 4.74 Å². The molecule has 1 atom stereocenters. The summed E-state index contributed by atoms with van der Waals surface area (Å²) in [6, 6.07) is 3.74. The number of nitrogens with one attached hydrogen (secondary N) is 1. The summed E-state index contributed by atoms with van der Waals surface area (Å²) < 4.78 is 5.41. The zero-order valence-corrected chi connectivity index (χ0v) is 16.5. The summed E-state index contributed by atoms with van der Waals surface area (Å²) in [5.41, 5.74) is -0.0966. The fraction of sp³-hybridized carbons (Fsp3) is 0.684. The van der Waals surface area contributed by atoms with Crippen molar-refractivity contribution in [3.8, 4) is 0 Å². The van der Waals surface area contributed by atoms with Gasteiger partial charge in [0.05, 0.1) is 24.0 Å². The molecule has 6 nitrogen and oxygen atoms in total. The van der Waals surface area contributed by atoms with E-state index >= 15 is 0 Å². The van der Waals surface area contributed by atoms with Crippen molar-refractivity contribution in [1.82, 2.24) is 15.1 Å². The van der Waals surface area contributed by atoms with Crippen LogP contribution in [0.1, 0.15) is 36.4 Å². The van der Waals surface area contributed by atoms with E-state index < -0.39 is 0 Å². The number of carbonyl (C=O) groups is 2. The molecule has 26 heavy (non-hydrogen) atoms. The molecule has 0 unspecified atom stereocenters. The number of morpholine rings is 1. The van der Waals surface area contributed by atoms with E-state index in [9.17, 15) is 9.59 Å². The van der Waals surface area contributed by atoms with E-state index in [-0.39, 0.29) is 23.3 Å². The van der Waals surface area contributed by atoms with E-state index in [2.05, 4.69) is 24.1 Å². The van der Waals surface area contributed by atoms with Crippen LogP contribution >= 0.6 is 11.3 Å². The van der Waals surface area contributed by atoms with Crippen molar-refractivity contribution in [2.24, 2.45) is 5.92 Å². The number of rotatable bonds is 5. The van der Waals surface area contributed by atoms with Crippen LogP contribution in [0.3, 0.4) is 0 Å². The molecule has 144 valence electrons. The lowest BCUT2D eigenvalue weighted by molar-refractivity contribution is -0.127. The number of likely N-dealkylation sites (tertiary alicyclic amines) is 1. The largest absolute Gasteiger partial charge is 0.379 e. The first-order valence-corrected chi connectivity index (χ1v) is 10.3. The van der Waals surface area contributed by atoms with Crippen LogP contribution in [0.5, 0.6) is 0 Å². The van der Waals surface area contributed by atoms with Gasteiger partial charge in [-0.3, -0.25) is 14.5 Å². The van der Waals surface area contributed by atoms with Gasteiger partial charge in [-0.05, 0) is 38.1 Å². The topological polar surface area (TPSA) is 61.9 Å². The van der Waals surface area contributed by atoms with Crippen LogP contribution in [-0.2, 0) is 9.53 Å². The first-order valence-electron chi connectivity index (χ1n) is 9.41. The van der Waals surface area contributed by atoms with Crippen LogP contribution in [0.2, 0.25) is 0 Å². The predicted octanol–water partition coefficient (Wildman–Crippen LogP) is 1.83. The zero-order chi connectivity index (χ0) is 18.6. The Kier molecular flexibility index (Phi) is 6.32. The van der Waals surface area contributed by atoms with Gasteiger partial charge in [0.2, 0.25) is 5.91 Å². The molecule has 1 aromatic heterocycles. The van der Waals surface area contributed by atoms with E-state index in [0.29, 0.717) is 13.1 Å². The Morgan fingerprint density at radius 3 is 2.77 bits per heavy atom. The Hall–Kier alpha value is -1.44. The monoisotopic (exact) mass is 379 g/mol. The van der Waals surface area contributed by atoms with Crippen LogP contribution in [0.15, 0.2) is 17.5 Å². The summed E-state index contributed by atoms with van der Waals surface area (Å²) in [6.07, 6.45) is 1.72. The van der Waals surface area contributed by atoms with Gasteiger partial charge in [-0.25, -0.2) is 0 Å². The summed E-state index contributed by atoms with van der Waals surface area (Å²) >= 11 is 1.46. The van der Waals surface area contributed by atoms with Gasteiger partial charge in [0, 0.05) is 38.3 Å². The maximum absolute atomic E-state index is 12.7. The highest BCUT2D eigenvalue weighted by atomic mass is 32.1.